The fourth-order valence-electron chi connectivity index (χ4n) is 2.08. The molecule has 0 radical (unpaired) electrons. The van der Waals surface area contributed by atoms with Crippen molar-refractivity contribution in [1.82, 2.24) is 10.6 Å². The van der Waals surface area contributed by atoms with Gasteiger partial charge in [0.15, 0.2) is 0 Å². The zero-order valence-electron chi connectivity index (χ0n) is 15.9. The van der Waals surface area contributed by atoms with Crippen LogP contribution >= 0.6 is 0 Å². The van der Waals surface area contributed by atoms with E-state index in [1.807, 2.05) is 0 Å². The Hall–Kier alpha value is -1.30. The summed E-state index contributed by atoms with van der Waals surface area (Å²) in [5, 5.41) is 41.5. The van der Waals surface area contributed by atoms with Gasteiger partial charge in [-0.2, -0.15) is 0 Å². The van der Waals surface area contributed by atoms with Crippen molar-refractivity contribution in [2.24, 2.45) is 0 Å². The van der Waals surface area contributed by atoms with Gasteiger partial charge < -0.3 is 45.3 Å². The highest BCUT2D eigenvalue weighted by Crippen LogP contribution is 2.00. The summed E-state index contributed by atoms with van der Waals surface area (Å²) >= 11 is 0. The molecule has 0 spiro atoms. The molecule has 0 fully saturated rings. The van der Waals surface area contributed by atoms with Crippen molar-refractivity contribution >= 4 is 11.8 Å². The lowest BCUT2D eigenvalue weighted by Gasteiger charge is -2.23. The molecule has 0 atom stereocenters. The number of hydrogen-bond donors (Lipinski definition) is 6. The van der Waals surface area contributed by atoms with E-state index in [2.05, 4.69) is 10.6 Å². The third-order valence-electron chi connectivity index (χ3n) is 3.71. The number of carbonyl (C=O) groups excluding carboxylic acids is 2. The van der Waals surface area contributed by atoms with Crippen molar-refractivity contribution < 1.29 is 39.5 Å². The molecule has 0 aromatic heterocycles. The predicted molar refractivity (Wildman–Crippen MR) is 97.3 cm³/mol. The average Bonchev–Trinajstić information content (AvgIpc) is 2.65. The van der Waals surface area contributed by atoms with Crippen LogP contribution in [0.15, 0.2) is 0 Å². The lowest BCUT2D eigenvalue weighted by molar-refractivity contribution is -0.117. The maximum absolute atomic E-state index is 12.0. The first-order valence-corrected chi connectivity index (χ1v) is 9.17. The van der Waals surface area contributed by atoms with Crippen LogP contribution in [-0.2, 0) is 14.3 Å². The summed E-state index contributed by atoms with van der Waals surface area (Å²) in [5.74, 6) is 0.150. The standard InChI is InChI=1S/C17H34N2O8/c1-13(24)5-3-2-4-6-18-17(25)19-14(11-26-15(7-20)8-21)12-27-16(9-22)10-23/h14-16,20-23H,2-12H2,1H3,(H2,18,19,25). The van der Waals surface area contributed by atoms with E-state index < -0.39 is 24.3 Å². The van der Waals surface area contributed by atoms with Gasteiger partial charge in [0, 0.05) is 13.0 Å². The topological polar surface area (TPSA) is 158 Å². The molecule has 0 aliphatic carbocycles. The third-order valence-corrected chi connectivity index (χ3v) is 3.71. The van der Waals surface area contributed by atoms with Crippen molar-refractivity contribution in [2.75, 3.05) is 46.2 Å². The van der Waals surface area contributed by atoms with Gasteiger partial charge in [0.25, 0.3) is 0 Å². The Balaban J connectivity index is 4.28. The van der Waals surface area contributed by atoms with E-state index in [-0.39, 0.29) is 45.4 Å². The number of aliphatic hydroxyl groups is 4. The smallest absolute Gasteiger partial charge is 0.315 e. The Kier molecular flexibility index (Phi) is 16.0. The lowest BCUT2D eigenvalue weighted by Crippen LogP contribution is -2.48. The number of Topliss-reactive ketones (excluding diaryl/α,β-unsaturated/α-hetero) is 1. The summed E-state index contributed by atoms with van der Waals surface area (Å²) < 4.78 is 10.6. The SMILES string of the molecule is CC(=O)CCCCCNC(=O)NC(COC(CO)CO)COC(CO)CO. The number of amides is 2. The molecule has 0 rings (SSSR count). The Bertz CT molecular complexity index is 373. The highest BCUT2D eigenvalue weighted by molar-refractivity contribution is 5.75. The number of rotatable bonds is 17. The molecule has 2 amide bonds. The van der Waals surface area contributed by atoms with Crippen LogP contribution < -0.4 is 10.6 Å². The van der Waals surface area contributed by atoms with Crippen LogP contribution in [0.5, 0.6) is 0 Å². The second kappa shape index (κ2) is 16.8. The number of carbonyl (C=O) groups is 2. The van der Waals surface area contributed by atoms with Crippen molar-refractivity contribution in [2.45, 2.75) is 50.9 Å². The molecule has 27 heavy (non-hydrogen) atoms. The zero-order chi connectivity index (χ0) is 20.5. The van der Waals surface area contributed by atoms with Gasteiger partial charge in [0.05, 0.1) is 45.7 Å². The van der Waals surface area contributed by atoms with E-state index in [0.29, 0.717) is 13.0 Å². The van der Waals surface area contributed by atoms with Crippen LogP contribution in [0.1, 0.15) is 32.6 Å². The summed E-state index contributed by atoms with van der Waals surface area (Å²) in [6.07, 6.45) is 1.36. The number of hydrogen-bond acceptors (Lipinski definition) is 8. The summed E-state index contributed by atoms with van der Waals surface area (Å²) in [5.41, 5.74) is 0. The van der Waals surface area contributed by atoms with Crippen LogP contribution in [0, 0.1) is 0 Å². The molecule has 0 unspecified atom stereocenters. The minimum absolute atomic E-state index is 0.0264. The normalized spacial score (nSPS) is 11.4. The van der Waals surface area contributed by atoms with Gasteiger partial charge in [0.2, 0.25) is 0 Å². The van der Waals surface area contributed by atoms with E-state index in [1.54, 1.807) is 6.92 Å². The largest absolute Gasteiger partial charge is 0.394 e. The van der Waals surface area contributed by atoms with Gasteiger partial charge in [-0.05, 0) is 19.8 Å². The van der Waals surface area contributed by atoms with Crippen LogP contribution in [0.4, 0.5) is 4.79 Å². The van der Waals surface area contributed by atoms with E-state index in [9.17, 15) is 9.59 Å². The number of aliphatic hydroxyl groups excluding tert-OH is 4. The molecular formula is C17H34N2O8. The third kappa shape index (κ3) is 14.4. The molecule has 0 aliphatic rings. The number of ether oxygens (including phenoxy) is 2. The lowest BCUT2D eigenvalue weighted by atomic mass is 10.1. The van der Waals surface area contributed by atoms with E-state index >= 15 is 0 Å². The Morgan fingerprint density at radius 2 is 1.37 bits per heavy atom. The average molecular weight is 394 g/mol. The molecule has 0 aromatic rings. The summed E-state index contributed by atoms with van der Waals surface area (Å²) in [6.45, 7) is 0.469. The van der Waals surface area contributed by atoms with E-state index in [1.165, 1.54) is 0 Å². The number of ketones is 1. The highest BCUT2D eigenvalue weighted by Gasteiger charge is 2.18. The van der Waals surface area contributed by atoms with Crippen molar-refractivity contribution in [1.29, 1.82) is 0 Å². The van der Waals surface area contributed by atoms with Crippen LogP contribution in [0.3, 0.4) is 0 Å². The van der Waals surface area contributed by atoms with Gasteiger partial charge in [-0.3, -0.25) is 0 Å². The molecule has 10 heteroatoms. The summed E-state index contributed by atoms with van der Waals surface area (Å²) in [4.78, 5) is 22.8. The number of unbranched alkanes of at least 4 members (excludes halogenated alkanes) is 2. The predicted octanol–water partition coefficient (Wildman–Crippen LogP) is -1.46. The first kappa shape index (κ1) is 25.7. The molecule has 0 aliphatic heterocycles. The first-order valence-electron chi connectivity index (χ1n) is 9.17. The van der Waals surface area contributed by atoms with Crippen LogP contribution in [0.25, 0.3) is 0 Å². The van der Waals surface area contributed by atoms with Gasteiger partial charge in [-0.15, -0.1) is 0 Å². The van der Waals surface area contributed by atoms with Crippen molar-refractivity contribution in [3.8, 4) is 0 Å². The Morgan fingerprint density at radius 3 is 1.81 bits per heavy atom. The van der Waals surface area contributed by atoms with E-state index in [0.717, 1.165) is 19.3 Å². The Morgan fingerprint density at radius 1 is 0.852 bits per heavy atom. The fraction of sp³-hybridized carbons (Fsp3) is 0.882. The molecule has 0 saturated heterocycles. The minimum Gasteiger partial charge on any atom is -0.394 e. The molecule has 160 valence electrons. The molecule has 6 N–H and O–H groups in total. The van der Waals surface area contributed by atoms with Crippen molar-refractivity contribution in [3.05, 3.63) is 0 Å². The Labute approximate surface area is 159 Å². The quantitative estimate of drug-likeness (QED) is 0.163. The maximum Gasteiger partial charge on any atom is 0.315 e. The number of nitrogens with one attached hydrogen (secondary N) is 2. The second-order valence-electron chi connectivity index (χ2n) is 6.25. The molecular weight excluding hydrogens is 360 g/mol. The summed E-state index contributed by atoms with van der Waals surface area (Å²) in [7, 11) is 0. The first-order chi connectivity index (χ1) is 13.0. The molecule has 0 bridgehead atoms. The van der Waals surface area contributed by atoms with Gasteiger partial charge in [-0.1, -0.05) is 6.42 Å². The number of urea groups is 1. The molecule has 0 heterocycles. The molecule has 10 nitrogen and oxygen atoms in total. The zero-order valence-corrected chi connectivity index (χ0v) is 15.9. The second-order valence-corrected chi connectivity index (χ2v) is 6.25. The van der Waals surface area contributed by atoms with Crippen LogP contribution in [-0.4, -0.2) is 96.7 Å². The van der Waals surface area contributed by atoms with Crippen molar-refractivity contribution in [3.63, 3.8) is 0 Å². The van der Waals surface area contributed by atoms with Gasteiger partial charge in [0.1, 0.15) is 18.0 Å². The minimum atomic E-state index is -0.773. The fourth-order valence-corrected chi connectivity index (χ4v) is 2.08. The van der Waals surface area contributed by atoms with Gasteiger partial charge >= 0.3 is 6.03 Å². The monoisotopic (exact) mass is 394 g/mol. The van der Waals surface area contributed by atoms with Crippen LogP contribution in [0.2, 0.25) is 0 Å². The van der Waals surface area contributed by atoms with E-state index in [4.69, 9.17) is 29.9 Å². The highest BCUT2D eigenvalue weighted by atomic mass is 16.5. The molecule has 0 aromatic carbocycles. The molecule has 0 saturated carbocycles. The van der Waals surface area contributed by atoms with Gasteiger partial charge in [-0.25, -0.2) is 4.79 Å². The maximum atomic E-state index is 12.0. The summed E-state index contributed by atoms with van der Waals surface area (Å²) in [6, 6.07) is -1.04.